The van der Waals surface area contributed by atoms with Gasteiger partial charge in [-0.2, -0.15) is 0 Å². The van der Waals surface area contributed by atoms with Crippen molar-refractivity contribution in [1.29, 1.82) is 0 Å². The molecule has 3 atom stereocenters. The van der Waals surface area contributed by atoms with Gasteiger partial charge >= 0.3 is 0 Å². The van der Waals surface area contributed by atoms with Crippen molar-refractivity contribution in [3.8, 4) is 0 Å². The summed E-state index contributed by atoms with van der Waals surface area (Å²) in [6, 6.07) is -0.247. The number of rotatable bonds is 13. The largest absolute Gasteiger partial charge is 0.396 e. The van der Waals surface area contributed by atoms with E-state index < -0.39 is 11.9 Å². The number of primary amides is 1. The second-order valence-corrected chi connectivity index (χ2v) is 8.50. The van der Waals surface area contributed by atoms with Gasteiger partial charge in [-0.1, -0.05) is 20.8 Å². The summed E-state index contributed by atoms with van der Waals surface area (Å²) in [5.41, 5.74) is 4.99. The molecule has 2 amide bonds. The van der Waals surface area contributed by atoms with Crippen molar-refractivity contribution in [2.24, 2.45) is 17.1 Å². The first-order valence-electron chi connectivity index (χ1n) is 10.1. The maximum atomic E-state index is 12.4. The van der Waals surface area contributed by atoms with Crippen LogP contribution in [0.3, 0.4) is 0 Å². The molecule has 5 N–H and O–H groups in total. The Balaban J connectivity index is 2.23. The molecule has 1 aliphatic rings. The molecule has 7 nitrogen and oxygen atoms in total. The van der Waals surface area contributed by atoms with Gasteiger partial charge in [0.2, 0.25) is 11.8 Å². The number of aliphatic hydroxyl groups is 1. The van der Waals surface area contributed by atoms with Gasteiger partial charge in [0.25, 0.3) is 0 Å². The monoisotopic (exact) mass is 383 g/mol. The molecule has 0 aliphatic heterocycles. The van der Waals surface area contributed by atoms with Crippen molar-refractivity contribution in [2.45, 2.75) is 84.2 Å². The molecule has 0 aromatic carbocycles. The molecule has 0 radical (unpaired) electrons. The number of nitrogens with one attached hydrogen (secondary N) is 2. The fraction of sp³-hybridized carbons (Fsp3) is 0.850. The highest BCUT2D eigenvalue weighted by Gasteiger charge is 2.32. The summed E-state index contributed by atoms with van der Waals surface area (Å²) in [4.78, 5) is 35.2. The maximum Gasteiger partial charge on any atom is 0.239 e. The summed E-state index contributed by atoms with van der Waals surface area (Å²) in [6.45, 7) is 6.41. The predicted molar refractivity (Wildman–Crippen MR) is 105 cm³/mol. The number of carbonyl (C=O) groups excluding carboxylic acids is 3. The van der Waals surface area contributed by atoms with Crippen LogP contribution in [-0.2, 0) is 14.4 Å². The second-order valence-electron chi connectivity index (χ2n) is 8.50. The molecule has 7 heteroatoms. The van der Waals surface area contributed by atoms with Crippen LogP contribution < -0.4 is 16.4 Å². The molecule has 0 saturated heterocycles. The minimum absolute atomic E-state index is 0.0259. The van der Waals surface area contributed by atoms with Crippen LogP contribution in [0.4, 0.5) is 0 Å². The Morgan fingerprint density at radius 2 is 1.93 bits per heavy atom. The number of nitrogens with two attached hydrogens (primary N) is 1. The van der Waals surface area contributed by atoms with Gasteiger partial charge in [0.05, 0.1) is 0 Å². The number of amides is 2. The molecule has 1 saturated carbocycles. The van der Waals surface area contributed by atoms with E-state index >= 15 is 0 Å². The molecule has 0 heterocycles. The highest BCUT2D eigenvalue weighted by Crippen LogP contribution is 2.31. The highest BCUT2D eigenvalue weighted by atomic mass is 16.3. The van der Waals surface area contributed by atoms with Crippen molar-refractivity contribution in [3.05, 3.63) is 0 Å². The number of carbonyl (C=O) groups is 3. The van der Waals surface area contributed by atoms with E-state index in [1.807, 2.05) is 13.8 Å². The van der Waals surface area contributed by atoms with Gasteiger partial charge in [-0.05, 0) is 50.5 Å². The van der Waals surface area contributed by atoms with Crippen molar-refractivity contribution in [3.63, 3.8) is 0 Å². The van der Waals surface area contributed by atoms with Gasteiger partial charge in [-0.25, -0.2) is 0 Å². The Hall–Kier alpha value is -1.47. The molecule has 1 aliphatic carbocycles. The van der Waals surface area contributed by atoms with Crippen LogP contribution in [0, 0.1) is 11.3 Å². The van der Waals surface area contributed by atoms with E-state index in [0.29, 0.717) is 25.3 Å². The van der Waals surface area contributed by atoms with Crippen molar-refractivity contribution in [1.82, 2.24) is 10.6 Å². The summed E-state index contributed by atoms with van der Waals surface area (Å²) in [5.74, 6) is -0.304. The Bertz CT molecular complexity index is 507. The molecule has 1 fully saturated rings. The van der Waals surface area contributed by atoms with Crippen molar-refractivity contribution in [2.75, 3.05) is 13.2 Å². The van der Waals surface area contributed by atoms with E-state index in [2.05, 4.69) is 10.6 Å². The molecule has 0 aromatic rings. The Morgan fingerprint density at radius 1 is 1.22 bits per heavy atom. The first kappa shape index (κ1) is 23.6. The third-order valence-corrected chi connectivity index (χ3v) is 5.32. The zero-order chi connectivity index (χ0) is 20.4. The fourth-order valence-electron chi connectivity index (χ4n) is 3.49. The molecule has 156 valence electrons. The van der Waals surface area contributed by atoms with Crippen LogP contribution >= 0.6 is 0 Å². The zero-order valence-electron chi connectivity index (χ0n) is 17.1. The number of ketones is 1. The van der Waals surface area contributed by atoms with Gasteiger partial charge in [-0.3, -0.25) is 14.4 Å². The third kappa shape index (κ3) is 8.84. The first-order chi connectivity index (χ1) is 12.7. The number of unbranched alkanes of at least 4 members (excludes halogenated alkanes) is 1. The van der Waals surface area contributed by atoms with E-state index in [-0.39, 0.29) is 29.6 Å². The standard InChI is InChI=1S/C20H37N3O4/c1-4-18(26)23-16(19(21)27)7-5-6-10-22-15-9-8-14(11-15)17(25)12-20(2,3)13-24/h14-16,22,24H,4-13H2,1-3H3,(H2,21,27)(H,23,26). The fourth-order valence-corrected chi connectivity index (χ4v) is 3.49. The quantitative estimate of drug-likeness (QED) is 0.357. The van der Waals surface area contributed by atoms with Crippen LogP contribution in [0.2, 0.25) is 0 Å². The molecule has 1 rings (SSSR count). The second kappa shape index (κ2) is 11.4. The topological polar surface area (TPSA) is 122 Å². The van der Waals surface area contributed by atoms with Crippen molar-refractivity contribution < 1.29 is 19.5 Å². The average molecular weight is 384 g/mol. The third-order valence-electron chi connectivity index (χ3n) is 5.32. The van der Waals surface area contributed by atoms with Gasteiger partial charge in [0.15, 0.2) is 0 Å². The lowest BCUT2D eigenvalue weighted by Crippen LogP contribution is -2.44. The average Bonchev–Trinajstić information content (AvgIpc) is 3.08. The molecular weight excluding hydrogens is 346 g/mol. The summed E-state index contributed by atoms with van der Waals surface area (Å²) >= 11 is 0. The zero-order valence-corrected chi connectivity index (χ0v) is 17.1. The van der Waals surface area contributed by atoms with E-state index in [9.17, 15) is 19.5 Å². The molecule has 27 heavy (non-hydrogen) atoms. The van der Waals surface area contributed by atoms with Crippen LogP contribution in [0.15, 0.2) is 0 Å². The van der Waals surface area contributed by atoms with Crippen LogP contribution in [0.5, 0.6) is 0 Å². The van der Waals surface area contributed by atoms with E-state index in [4.69, 9.17) is 5.73 Å². The highest BCUT2D eigenvalue weighted by molar-refractivity contribution is 5.86. The summed E-state index contributed by atoms with van der Waals surface area (Å²) in [6.07, 6.45) is 5.75. The molecule has 0 bridgehead atoms. The lowest BCUT2D eigenvalue weighted by atomic mass is 9.84. The molecule has 3 unspecified atom stereocenters. The Kier molecular flexibility index (Phi) is 9.94. The summed E-state index contributed by atoms with van der Waals surface area (Å²) in [5, 5.41) is 15.5. The van der Waals surface area contributed by atoms with Crippen molar-refractivity contribution >= 4 is 17.6 Å². The predicted octanol–water partition coefficient (Wildman–Crippen LogP) is 1.27. The van der Waals surface area contributed by atoms with Crippen LogP contribution in [-0.4, -0.2) is 47.9 Å². The summed E-state index contributed by atoms with van der Waals surface area (Å²) in [7, 11) is 0. The number of hydrogen-bond donors (Lipinski definition) is 4. The Labute approximate surface area is 162 Å². The van der Waals surface area contributed by atoms with Gasteiger partial charge in [0.1, 0.15) is 11.8 Å². The van der Waals surface area contributed by atoms with Crippen LogP contribution in [0.1, 0.15) is 72.1 Å². The van der Waals surface area contributed by atoms with Gasteiger partial charge < -0.3 is 21.5 Å². The number of aliphatic hydroxyl groups excluding tert-OH is 1. The van der Waals surface area contributed by atoms with Gasteiger partial charge in [-0.15, -0.1) is 0 Å². The Morgan fingerprint density at radius 3 is 2.52 bits per heavy atom. The van der Waals surface area contributed by atoms with Crippen LogP contribution in [0.25, 0.3) is 0 Å². The SMILES string of the molecule is CCC(=O)NC(CCCCNC1CCC(C(=O)CC(C)(C)CO)C1)C(N)=O. The first-order valence-corrected chi connectivity index (χ1v) is 10.1. The molecular formula is C20H37N3O4. The molecule has 0 spiro atoms. The number of hydrogen-bond acceptors (Lipinski definition) is 5. The summed E-state index contributed by atoms with van der Waals surface area (Å²) < 4.78 is 0. The lowest BCUT2D eigenvalue weighted by Gasteiger charge is -2.22. The van der Waals surface area contributed by atoms with E-state index in [0.717, 1.165) is 38.6 Å². The normalized spacial score (nSPS) is 21.0. The minimum Gasteiger partial charge on any atom is -0.396 e. The number of Topliss-reactive ketones (excluding diaryl/α,β-unsaturated/α-hetero) is 1. The maximum absolute atomic E-state index is 12.4. The van der Waals surface area contributed by atoms with E-state index in [1.54, 1.807) is 6.92 Å². The smallest absolute Gasteiger partial charge is 0.239 e. The lowest BCUT2D eigenvalue weighted by molar-refractivity contribution is -0.127. The minimum atomic E-state index is -0.596. The van der Waals surface area contributed by atoms with E-state index in [1.165, 1.54) is 0 Å². The van der Waals surface area contributed by atoms with Gasteiger partial charge in [0, 0.05) is 31.4 Å². The molecule has 0 aromatic heterocycles.